The first-order valence-electron chi connectivity index (χ1n) is 7.15. The average Bonchev–Trinajstić information content (AvgIpc) is 2.37. The highest BCUT2D eigenvalue weighted by atomic mass is 16.3. The summed E-state index contributed by atoms with van der Waals surface area (Å²) >= 11 is 0. The fourth-order valence-electron chi connectivity index (χ4n) is 2.32. The Hall–Kier alpha value is -0.900. The van der Waals surface area contributed by atoms with Gasteiger partial charge in [-0.2, -0.15) is 0 Å². The molecule has 0 bridgehead atoms. The van der Waals surface area contributed by atoms with Crippen molar-refractivity contribution < 1.29 is 5.11 Å². The van der Waals surface area contributed by atoms with Gasteiger partial charge in [0.2, 0.25) is 0 Å². The van der Waals surface area contributed by atoms with Gasteiger partial charge in [-0.15, -0.1) is 0 Å². The molecule has 0 amide bonds. The summed E-state index contributed by atoms with van der Waals surface area (Å²) in [4.78, 5) is 2.33. The molecule has 0 atom stereocenters. The zero-order chi connectivity index (χ0) is 14.1. The normalized spacial score (nSPS) is 12.1. The summed E-state index contributed by atoms with van der Waals surface area (Å²) < 4.78 is 0. The SMILES string of the molecule is CCNCC(C)(C)CN(CCO)Cc1ccccc1. The fraction of sp³-hybridized carbons (Fsp3) is 0.625. The van der Waals surface area contributed by atoms with Crippen LogP contribution in [0.4, 0.5) is 0 Å². The van der Waals surface area contributed by atoms with Crippen molar-refractivity contribution >= 4 is 0 Å². The largest absolute Gasteiger partial charge is 0.395 e. The molecule has 0 aliphatic heterocycles. The van der Waals surface area contributed by atoms with E-state index in [1.807, 2.05) is 6.07 Å². The lowest BCUT2D eigenvalue weighted by molar-refractivity contribution is 0.136. The minimum absolute atomic E-state index is 0.208. The molecule has 19 heavy (non-hydrogen) atoms. The van der Waals surface area contributed by atoms with Crippen molar-refractivity contribution in [2.75, 3.05) is 32.8 Å². The van der Waals surface area contributed by atoms with Crippen molar-refractivity contribution in [2.45, 2.75) is 27.3 Å². The predicted molar refractivity (Wildman–Crippen MR) is 81.1 cm³/mol. The van der Waals surface area contributed by atoms with E-state index in [4.69, 9.17) is 0 Å². The van der Waals surface area contributed by atoms with Gasteiger partial charge < -0.3 is 10.4 Å². The fourth-order valence-corrected chi connectivity index (χ4v) is 2.32. The highest BCUT2D eigenvalue weighted by Crippen LogP contribution is 2.17. The van der Waals surface area contributed by atoms with Crippen LogP contribution >= 0.6 is 0 Å². The number of benzene rings is 1. The number of nitrogens with one attached hydrogen (secondary N) is 1. The van der Waals surface area contributed by atoms with Crippen LogP contribution in [0.15, 0.2) is 30.3 Å². The number of nitrogens with zero attached hydrogens (tertiary/aromatic N) is 1. The zero-order valence-electron chi connectivity index (χ0n) is 12.5. The molecule has 1 rings (SSSR count). The minimum atomic E-state index is 0.208. The Morgan fingerprint density at radius 2 is 1.89 bits per heavy atom. The summed E-state index contributed by atoms with van der Waals surface area (Å²) in [6.45, 7) is 11.5. The average molecular weight is 264 g/mol. The summed E-state index contributed by atoms with van der Waals surface area (Å²) in [5, 5.41) is 12.6. The molecule has 108 valence electrons. The van der Waals surface area contributed by atoms with Crippen molar-refractivity contribution in [1.29, 1.82) is 0 Å². The summed E-state index contributed by atoms with van der Waals surface area (Å²) in [6, 6.07) is 10.4. The van der Waals surface area contributed by atoms with E-state index in [0.717, 1.165) is 32.7 Å². The lowest BCUT2D eigenvalue weighted by Gasteiger charge is -2.32. The Balaban J connectivity index is 2.57. The highest BCUT2D eigenvalue weighted by molar-refractivity contribution is 5.14. The van der Waals surface area contributed by atoms with Gasteiger partial charge in [0.15, 0.2) is 0 Å². The molecule has 0 saturated heterocycles. The van der Waals surface area contributed by atoms with E-state index in [-0.39, 0.29) is 12.0 Å². The first-order chi connectivity index (χ1) is 9.07. The third-order valence-corrected chi connectivity index (χ3v) is 3.17. The van der Waals surface area contributed by atoms with Gasteiger partial charge in [-0.25, -0.2) is 0 Å². The topological polar surface area (TPSA) is 35.5 Å². The van der Waals surface area contributed by atoms with Gasteiger partial charge in [0.1, 0.15) is 0 Å². The molecule has 3 nitrogen and oxygen atoms in total. The second kappa shape index (κ2) is 8.31. The maximum absolute atomic E-state index is 9.23. The molecule has 0 spiro atoms. The molecular formula is C16H28N2O. The molecule has 3 heteroatoms. The van der Waals surface area contributed by atoms with Crippen LogP contribution in [0.3, 0.4) is 0 Å². The summed E-state index contributed by atoms with van der Waals surface area (Å²) in [6.07, 6.45) is 0. The Bertz CT molecular complexity index is 338. The van der Waals surface area contributed by atoms with Crippen LogP contribution in [0.2, 0.25) is 0 Å². The van der Waals surface area contributed by atoms with Crippen molar-refractivity contribution in [1.82, 2.24) is 10.2 Å². The first kappa shape index (κ1) is 16.2. The molecule has 0 unspecified atom stereocenters. The maximum atomic E-state index is 9.23. The standard InChI is InChI=1S/C16H28N2O/c1-4-17-13-16(2,3)14-18(10-11-19)12-15-8-6-5-7-9-15/h5-9,17,19H,4,10-14H2,1-3H3. The molecule has 0 radical (unpaired) electrons. The van der Waals surface area contributed by atoms with E-state index < -0.39 is 0 Å². The van der Waals surface area contributed by atoms with E-state index in [9.17, 15) is 5.11 Å². The molecule has 0 saturated carbocycles. The van der Waals surface area contributed by atoms with Gasteiger partial charge in [0, 0.05) is 26.2 Å². The number of hydrogen-bond donors (Lipinski definition) is 2. The molecular weight excluding hydrogens is 236 g/mol. The lowest BCUT2D eigenvalue weighted by Crippen LogP contribution is -2.41. The molecule has 0 heterocycles. The number of aliphatic hydroxyl groups excluding tert-OH is 1. The second-order valence-electron chi connectivity index (χ2n) is 5.86. The lowest BCUT2D eigenvalue weighted by atomic mass is 9.92. The first-order valence-corrected chi connectivity index (χ1v) is 7.15. The molecule has 0 fully saturated rings. The second-order valence-corrected chi connectivity index (χ2v) is 5.86. The van der Waals surface area contributed by atoms with E-state index in [1.54, 1.807) is 0 Å². The minimum Gasteiger partial charge on any atom is -0.395 e. The zero-order valence-corrected chi connectivity index (χ0v) is 12.5. The molecule has 0 aliphatic rings. The Labute approximate surface area is 117 Å². The number of aliphatic hydroxyl groups is 1. The van der Waals surface area contributed by atoms with Crippen LogP contribution in [-0.2, 0) is 6.54 Å². The van der Waals surface area contributed by atoms with Crippen LogP contribution in [0.1, 0.15) is 26.3 Å². The predicted octanol–water partition coefficient (Wildman–Crippen LogP) is 2.12. The summed E-state index contributed by atoms with van der Waals surface area (Å²) in [7, 11) is 0. The molecule has 2 N–H and O–H groups in total. The van der Waals surface area contributed by atoms with Crippen molar-refractivity contribution in [2.24, 2.45) is 5.41 Å². The van der Waals surface area contributed by atoms with Gasteiger partial charge in [-0.3, -0.25) is 4.90 Å². The van der Waals surface area contributed by atoms with E-state index in [0.29, 0.717) is 0 Å². The Morgan fingerprint density at radius 1 is 1.21 bits per heavy atom. The quantitative estimate of drug-likeness (QED) is 0.717. The third-order valence-electron chi connectivity index (χ3n) is 3.17. The summed E-state index contributed by atoms with van der Waals surface area (Å²) in [5.74, 6) is 0. The van der Waals surface area contributed by atoms with Gasteiger partial charge in [-0.1, -0.05) is 51.1 Å². The number of rotatable bonds is 9. The summed E-state index contributed by atoms with van der Waals surface area (Å²) in [5.41, 5.74) is 1.51. The maximum Gasteiger partial charge on any atom is 0.0558 e. The monoisotopic (exact) mass is 264 g/mol. The molecule has 1 aromatic rings. The van der Waals surface area contributed by atoms with Gasteiger partial charge in [0.25, 0.3) is 0 Å². The Kier molecular flexibility index (Phi) is 7.06. The van der Waals surface area contributed by atoms with E-state index in [1.165, 1.54) is 5.56 Å². The van der Waals surface area contributed by atoms with Crippen LogP contribution < -0.4 is 5.32 Å². The smallest absolute Gasteiger partial charge is 0.0558 e. The Morgan fingerprint density at radius 3 is 2.47 bits per heavy atom. The van der Waals surface area contributed by atoms with Crippen LogP contribution in [0, 0.1) is 5.41 Å². The van der Waals surface area contributed by atoms with Crippen molar-refractivity contribution in [3.63, 3.8) is 0 Å². The van der Waals surface area contributed by atoms with Crippen molar-refractivity contribution in [3.05, 3.63) is 35.9 Å². The highest BCUT2D eigenvalue weighted by Gasteiger charge is 2.21. The van der Waals surface area contributed by atoms with Crippen molar-refractivity contribution in [3.8, 4) is 0 Å². The van der Waals surface area contributed by atoms with Gasteiger partial charge >= 0.3 is 0 Å². The van der Waals surface area contributed by atoms with Gasteiger partial charge in [-0.05, 0) is 17.5 Å². The van der Waals surface area contributed by atoms with E-state index >= 15 is 0 Å². The third kappa shape index (κ3) is 6.71. The number of hydrogen-bond acceptors (Lipinski definition) is 3. The molecule has 0 aromatic heterocycles. The van der Waals surface area contributed by atoms with E-state index in [2.05, 4.69) is 55.3 Å². The van der Waals surface area contributed by atoms with Crippen LogP contribution in [-0.4, -0.2) is 42.8 Å². The molecule has 1 aromatic carbocycles. The van der Waals surface area contributed by atoms with Crippen LogP contribution in [0.5, 0.6) is 0 Å². The molecule has 0 aliphatic carbocycles. The van der Waals surface area contributed by atoms with Gasteiger partial charge in [0.05, 0.1) is 6.61 Å². The van der Waals surface area contributed by atoms with Crippen LogP contribution in [0.25, 0.3) is 0 Å².